The van der Waals surface area contributed by atoms with E-state index < -0.39 is 6.10 Å². The number of amides is 1. The Balaban J connectivity index is 1.49. The number of ether oxygens (including phenoxy) is 1. The molecule has 0 bridgehead atoms. The average molecular weight is 469 g/mol. The molecular formula is C27H40N4O3. The van der Waals surface area contributed by atoms with E-state index >= 15 is 0 Å². The molecule has 0 radical (unpaired) electrons. The van der Waals surface area contributed by atoms with Gasteiger partial charge in [0.1, 0.15) is 0 Å². The lowest BCUT2D eigenvalue weighted by atomic mass is 9.93. The highest BCUT2D eigenvalue weighted by molar-refractivity contribution is 5.93. The first-order valence-corrected chi connectivity index (χ1v) is 13.1. The summed E-state index contributed by atoms with van der Waals surface area (Å²) in [6.45, 7) is 3.57. The molecule has 7 nitrogen and oxygen atoms in total. The second-order valence-corrected chi connectivity index (χ2v) is 10.1. The van der Waals surface area contributed by atoms with Crippen LogP contribution in [0.15, 0.2) is 24.0 Å². The van der Waals surface area contributed by atoms with Crippen LogP contribution in [-0.2, 0) is 11.2 Å². The van der Waals surface area contributed by atoms with Gasteiger partial charge in [-0.3, -0.25) is 4.79 Å². The first-order chi connectivity index (χ1) is 16.5. The Morgan fingerprint density at radius 2 is 2.00 bits per heavy atom. The normalized spacial score (nSPS) is 24.3. The number of aromatic nitrogens is 2. The third-order valence-electron chi connectivity index (χ3n) is 7.30. The lowest BCUT2D eigenvalue weighted by molar-refractivity contribution is 0.0471. The third-order valence-corrected chi connectivity index (χ3v) is 7.30. The minimum atomic E-state index is -0.576. The Morgan fingerprint density at radius 1 is 1.18 bits per heavy atom. The van der Waals surface area contributed by atoms with Crippen molar-refractivity contribution in [1.29, 1.82) is 0 Å². The summed E-state index contributed by atoms with van der Waals surface area (Å²) >= 11 is 0. The maximum atomic E-state index is 13.0. The zero-order valence-electron chi connectivity index (χ0n) is 20.8. The summed E-state index contributed by atoms with van der Waals surface area (Å²) in [5.41, 5.74) is 3.47. The van der Waals surface area contributed by atoms with E-state index in [-0.39, 0.29) is 11.9 Å². The molecular weight excluding hydrogens is 428 g/mol. The van der Waals surface area contributed by atoms with Gasteiger partial charge in [-0.15, -0.1) is 5.10 Å². The molecule has 2 aliphatic carbocycles. The van der Waals surface area contributed by atoms with Crippen molar-refractivity contribution in [3.8, 4) is 0 Å². The van der Waals surface area contributed by atoms with Crippen molar-refractivity contribution < 1.29 is 14.6 Å². The standard InChI is InChI=1S/C27H40N4O3/c1-3-4-10-23-22(19-11-13-21(14-12-19)34-20-8-6-5-7-9-20)17-25(30-29-23)27(33)28-24-15-16-31(2)18-26(24)32/h11,13,17,20,24,26,32H,3-10,12,14-16,18H2,1-2H3,(H,28,33)/t24-,26+/m0/s1. The smallest absolute Gasteiger partial charge is 0.272 e. The number of aryl methyl sites for hydroxylation is 1. The number of aliphatic hydroxyl groups excluding tert-OH is 1. The maximum Gasteiger partial charge on any atom is 0.272 e. The van der Waals surface area contributed by atoms with Gasteiger partial charge in [0.05, 0.1) is 29.7 Å². The van der Waals surface area contributed by atoms with Gasteiger partial charge in [0.25, 0.3) is 5.91 Å². The molecule has 1 saturated heterocycles. The number of likely N-dealkylation sites (N-methyl/N-ethyl adjacent to an activating group) is 1. The number of allylic oxidation sites excluding steroid dienone is 4. The summed E-state index contributed by atoms with van der Waals surface area (Å²) in [5, 5.41) is 22.1. The van der Waals surface area contributed by atoms with Crippen LogP contribution in [0, 0.1) is 0 Å². The van der Waals surface area contributed by atoms with E-state index in [1.165, 1.54) is 24.8 Å². The number of rotatable bonds is 8. The molecule has 3 aliphatic rings. The predicted octanol–water partition coefficient (Wildman–Crippen LogP) is 4.02. The van der Waals surface area contributed by atoms with Gasteiger partial charge in [0.15, 0.2) is 5.69 Å². The topological polar surface area (TPSA) is 87.6 Å². The average Bonchev–Trinajstić information content (AvgIpc) is 2.85. The number of nitrogens with zero attached hydrogens (tertiary/aromatic N) is 3. The summed E-state index contributed by atoms with van der Waals surface area (Å²) in [6.07, 6.45) is 15.6. The van der Waals surface area contributed by atoms with Crippen LogP contribution in [0.4, 0.5) is 0 Å². The van der Waals surface area contributed by atoms with Crippen molar-refractivity contribution in [1.82, 2.24) is 20.4 Å². The largest absolute Gasteiger partial charge is 0.495 e. The van der Waals surface area contributed by atoms with Crippen LogP contribution in [-0.4, -0.2) is 64.5 Å². The number of piperidine rings is 1. The third kappa shape index (κ3) is 6.45. The van der Waals surface area contributed by atoms with Gasteiger partial charge >= 0.3 is 0 Å². The molecule has 7 heteroatoms. The summed E-state index contributed by atoms with van der Waals surface area (Å²) < 4.78 is 6.27. The minimum absolute atomic E-state index is 0.259. The van der Waals surface area contributed by atoms with Gasteiger partial charge in [-0.25, -0.2) is 0 Å². The zero-order valence-corrected chi connectivity index (χ0v) is 20.8. The second kappa shape index (κ2) is 11.9. The molecule has 34 heavy (non-hydrogen) atoms. The van der Waals surface area contributed by atoms with Gasteiger partial charge in [-0.1, -0.05) is 25.8 Å². The first kappa shape index (κ1) is 24.9. The van der Waals surface area contributed by atoms with Crippen LogP contribution in [0.2, 0.25) is 0 Å². The van der Waals surface area contributed by atoms with E-state index in [0.717, 1.165) is 74.9 Å². The molecule has 1 aromatic heterocycles. The van der Waals surface area contributed by atoms with Gasteiger partial charge in [-0.05, 0) is 82.7 Å². The van der Waals surface area contributed by atoms with E-state index in [0.29, 0.717) is 18.3 Å². The minimum Gasteiger partial charge on any atom is -0.495 e. The molecule has 1 aliphatic heterocycles. The number of hydrogen-bond acceptors (Lipinski definition) is 6. The Hall–Kier alpha value is -2.25. The summed E-state index contributed by atoms with van der Waals surface area (Å²) in [7, 11) is 1.98. The van der Waals surface area contributed by atoms with E-state index in [1.54, 1.807) is 0 Å². The number of likely N-dealkylation sites (tertiary alicyclic amines) is 1. The zero-order chi connectivity index (χ0) is 23.9. The monoisotopic (exact) mass is 468 g/mol. The Kier molecular flexibility index (Phi) is 8.73. The fraction of sp³-hybridized carbons (Fsp3) is 0.667. The van der Waals surface area contributed by atoms with Crippen molar-refractivity contribution in [3.63, 3.8) is 0 Å². The van der Waals surface area contributed by atoms with Crippen molar-refractivity contribution in [2.24, 2.45) is 0 Å². The molecule has 2 heterocycles. The Labute approximate surface area is 203 Å². The van der Waals surface area contributed by atoms with Crippen LogP contribution in [0.3, 0.4) is 0 Å². The summed E-state index contributed by atoms with van der Waals surface area (Å²) in [5.74, 6) is 0.805. The predicted molar refractivity (Wildman–Crippen MR) is 133 cm³/mol. The number of aliphatic hydroxyl groups is 1. The molecule has 186 valence electrons. The number of carbonyl (C=O) groups excluding carboxylic acids is 1. The summed E-state index contributed by atoms with van der Waals surface area (Å²) in [4.78, 5) is 15.1. The van der Waals surface area contributed by atoms with Gasteiger partial charge in [-0.2, -0.15) is 5.10 Å². The van der Waals surface area contributed by atoms with Gasteiger partial charge in [0.2, 0.25) is 0 Å². The van der Waals surface area contributed by atoms with E-state index in [9.17, 15) is 9.90 Å². The van der Waals surface area contributed by atoms with Crippen LogP contribution in [0.25, 0.3) is 5.57 Å². The van der Waals surface area contributed by atoms with Gasteiger partial charge in [0, 0.05) is 18.5 Å². The highest BCUT2D eigenvalue weighted by atomic mass is 16.5. The number of carbonyl (C=O) groups is 1. The van der Waals surface area contributed by atoms with E-state index in [1.807, 2.05) is 13.1 Å². The molecule has 1 aromatic rings. The van der Waals surface area contributed by atoms with E-state index in [4.69, 9.17) is 4.74 Å². The number of hydrogen-bond donors (Lipinski definition) is 2. The fourth-order valence-electron chi connectivity index (χ4n) is 5.17. The van der Waals surface area contributed by atoms with Crippen molar-refractivity contribution in [2.75, 3.05) is 20.1 Å². The number of nitrogens with one attached hydrogen (secondary N) is 1. The molecule has 0 spiro atoms. The quantitative estimate of drug-likeness (QED) is 0.599. The maximum absolute atomic E-state index is 13.0. The molecule has 1 amide bonds. The number of β-amino-alcohol motifs (C(OH)–C–C–N with tert-alkyl or cyclic N) is 1. The summed E-state index contributed by atoms with van der Waals surface area (Å²) in [6, 6.07) is 1.63. The van der Waals surface area contributed by atoms with Gasteiger partial charge < -0.3 is 20.1 Å². The van der Waals surface area contributed by atoms with Crippen LogP contribution in [0.1, 0.15) is 92.9 Å². The molecule has 0 aromatic carbocycles. The lowest BCUT2D eigenvalue weighted by Gasteiger charge is -2.33. The molecule has 2 atom stereocenters. The fourth-order valence-corrected chi connectivity index (χ4v) is 5.17. The van der Waals surface area contributed by atoms with Crippen molar-refractivity contribution in [2.45, 2.75) is 95.8 Å². The van der Waals surface area contributed by atoms with Crippen LogP contribution in [0.5, 0.6) is 0 Å². The molecule has 1 saturated carbocycles. The van der Waals surface area contributed by atoms with Crippen LogP contribution >= 0.6 is 0 Å². The molecule has 4 rings (SSSR count). The first-order valence-electron chi connectivity index (χ1n) is 13.1. The molecule has 0 unspecified atom stereocenters. The van der Waals surface area contributed by atoms with Crippen molar-refractivity contribution >= 4 is 11.5 Å². The Bertz CT molecular complexity index is 907. The molecule has 2 N–H and O–H groups in total. The van der Waals surface area contributed by atoms with Crippen molar-refractivity contribution in [3.05, 3.63) is 40.9 Å². The highest BCUT2D eigenvalue weighted by Gasteiger charge is 2.28. The van der Waals surface area contributed by atoms with E-state index in [2.05, 4.69) is 39.5 Å². The second-order valence-electron chi connectivity index (χ2n) is 10.1. The number of unbranched alkanes of at least 4 members (excludes halogenated alkanes) is 1. The highest BCUT2D eigenvalue weighted by Crippen LogP contribution is 2.32. The Morgan fingerprint density at radius 3 is 2.71 bits per heavy atom. The molecule has 2 fully saturated rings. The lowest BCUT2D eigenvalue weighted by Crippen LogP contribution is -2.53. The SMILES string of the molecule is CCCCc1nnc(C(=O)N[C@H]2CCN(C)C[C@H]2O)cc1C1=CC=C(OC2CCCCC2)CC1. The van der Waals surface area contributed by atoms with Crippen LogP contribution < -0.4 is 5.32 Å².